The molecule has 2 rings (SSSR count). The number of hydrogen-bond acceptors (Lipinski definition) is 3. The molecule has 0 heterocycles. The Morgan fingerprint density at radius 2 is 1.69 bits per heavy atom. The standard InChI is InChI=1S/C19H19Cl2N3O2/c1-13-5-7-14(8-6-13)12-22-24-19(26)4-2-3-18(25)23-15-9-10-16(20)17(21)11-15/h5-12H,2-4H2,1H3,(H,23,25)(H,24,26)/b22-12-. The van der Waals surface area contributed by atoms with Crippen molar-refractivity contribution in [2.45, 2.75) is 26.2 Å². The maximum Gasteiger partial charge on any atom is 0.240 e. The maximum atomic E-state index is 11.9. The molecule has 0 bridgehead atoms. The van der Waals surface area contributed by atoms with E-state index in [1.807, 2.05) is 31.2 Å². The van der Waals surface area contributed by atoms with Crippen LogP contribution in [0, 0.1) is 6.92 Å². The van der Waals surface area contributed by atoms with Gasteiger partial charge >= 0.3 is 0 Å². The predicted octanol–water partition coefficient (Wildman–Crippen LogP) is 4.56. The van der Waals surface area contributed by atoms with E-state index in [1.165, 1.54) is 0 Å². The van der Waals surface area contributed by atoms with E-state index in [4.69, 9.17) is 23.2 Å². The van der Waals surface area contributed by atoms with Gasteiger partial charge in [-0.05, 0) is 37.1 Å². The van der Waals surface area contributed by atoms with Crippen molar-refractivity contribution in [2.24, 2.45) is 5.10 Å². The molecule has 0 aliphatic heterocycles. The van der Waals surface area contributed by atoms with Crippen molar-refractivity contribution in [3.05, 3.63) is 63.6 Å². The first-order chi connectivity index (χ1) is 12.4. The lowest BCUT2D eigenvalue weighted by molar-refractivity contribution is -0.121. The molecule has 136 valence electrons. The van der Waals surface area contributed by atoms with E-state index in [2.05, 4.69) is 15.8 Å². The number of rotatable bonds is 7. The molecule has 5 nitrogen and oxygen atoms in total. The van der Waals surface area contributed by atoms with Crippen LogP contribution in [0.25, 0.3) is 0 Å². The van der Waals surface area contributed by atoms with Gasteiger partial charge in [-0.15, -0.1) is 0 Å². The van der Waals surface area contributed by atoms with Gasteiger partial charge in [0.1, 0.15) is 0 Å². The van der Waals surface area contributed by atoms with Crippen LogP contribution in [0.1, 0.15) is 30.4 Å². The zero-order chi connectivity index (χ0) is 18.9. The Hall–Kier alpha value is -2.37. The topological polar surface area (TPSA) is 70.6 Å². The lowest BCUT2D eigenvalue weighted by Crippen LogP contribution is -2.18. The number of nitrogens with zero attached hydrogens (tertiary/aromatic N) is 1. The summed E-state index contributed by atoms with van der Waals surface area (Å²) in [5.74, 6) is -0.435. The molecular weight excluding hydrogens is 373 g/mol. The number of amides is 2. The molecule has 7 heteroatoms. The van der Waals surface area contributed by atoms with Crippen LogP contribution in [0.2, 0.25) is 10.0 Å². The normalized spacial score (nSPS) is 10.7. The summed E-state index contributed by atoms with van der Waals surface area (Å²) < 4.78 is 0. The first-order valence-electron chi connectivity index (χ1n) is 8.07. The summed E-state index contributed by atoms with van der Waals surface area (Å²) in [6, 6.07) is 12.6. The van der Waals surface area contributed by atoms with Crippen molar-refractivity contribution in [3.63, 3.8) is 0 Å². The Labute approximate surface area is 162 Å². The first kappa shape index (κ1) is 19.9. The van der Waals surface area contributed by atoms with Gasteiger partial charge in [-0.2, -0.15) is 5.10 Å². The van der Waals surface area contributed by atoms with Gasteiger partial charge < -0.3 is 5.32 Å². The van der Waals surface area contributed by atoms with E-state index in [-0.39, 0.29) is 24.7 Å². The molecule has 0 fully saturated rings. The van der Waals surface area contributed by atoms with Crippen LogP contribution in [0.15, 0.2) is 47.6 Å². The fourth-order valence-electron chi connectivity index (χ4n) is 2.09. The average Bonchev–Trinajstić information content (AvgIpc) is 2.60. The van der Waals surface area contributed by atoms with Gasteiger partial charge in [0.25, 0.3) is 0 Å². The largest absolute Gasteiger partial charge is 0.326 e. The molecule has 0 saturated heterocycles. The molecule has 26 heavy (non-hydrogen) atoms. The van der Waals surface area contributed by atoms with Gasteiger partial charge in [0.15, 0.2) is 0 Å². The average molecular weight is 392 g/mol. The summed E-state index contributed by atoms with van der Waals surface area (Å²) in [7, 11) is 0. The molecule has 0 saturated carbocycles. The van der Waals surface area contributed by atoms with Gasteiger partial charge in [0.2, 0.25) is 11.8 Å². The quantitative estimate of drug-likeness (QED) is 0.536. The van der Waals surface area contributed by atoms with Gasteiger partial charge in [0.05, 0.1) is 16.3 Å². The van der Waals surface area contributed by atoms with Crippen LogP contribution < -0.4 is 10.7 Å². The van der Waals surface area contributed by atoms with Gasteiger partial charge in [-0.3, -0.25) is 9.59 Å². The number of hydrogen-bond donors (Lipinski definition) is 2. The third-order valence-corrected chi connectivity index (χ3v) is 4.23. The van der Waals surface area contributed by atoms with Crippen molar-refractivity contribution >= 4 is 46.9 Å². The maximum absolute atomic E-state index is 11.9. The number of hydrazone groups is 1. The molecule has 0 spiro atoms. The Bertz CT molecular complexity index is 805. The molecule has 0 radical (unpaired) electrons. The van der Waals surface area contributed by atoms with Crippen molar-refractivity contribution in [2.75, 3.05) is 5.32 Å². The van der Waals surface area contributed by atoms with E-state index < -0.39 is 0 Å². The second kappa shape index (κ2) is 9.94. The van der Waals surface area contributed by atoms with E-state index in [9.17, 15) is 9.59 Å². The molecule has 0 aliphatic carbocycles. The molecule has 2 N–H and O–H groups in total. The minimum absolute atomic E-state index is 0.195. The summed E-state index contributed by atoms with van der Waals surface area (Å²) in [6.45, 7) is 2.00. The predicted molar refractivity (Wildman–Crippen MR) is 106 cm³/mol. The van der Waals surface area contributed by atoms with E-state index in [1.54, 1.807) is 24.4 Å². The highest BCUT2D eigenvalue weighted by molar-refractivity contribution is 6.42. The first-order valence-corrected chi connectivity index (χ1v) is 8.83. The second-order valence-corrected chi connectivity index (χ2v) is 6.55. The Morgan fingerprint density at radius 3 is 2.38 bits per heavy atom. The van der Waals surface area contributed by atoms with Crippen LogP contribution in [0.3, 0.4) is 0 Å². The monoisotopic (exact) mass is 391 g/mol. The number of benzene rings is 2. The van der Waals surface area contributed by atoms with Gasteiger partial charge in [-0.1, -0.05) is 53.0 Å². The van der Waals surface area contributed by atoms with Crippen molar-refractivity contribution in [1.29, 1.82) is 0 Å². The Kier molecular flexibility index (Phi) is 7.63. The lowest BCUT2D eigenvalue weighted by atomic mass is 10.2. The number of halogens is 2. The SMILES string of the molecule is Cc1ccc(/C=N\NC(=O)CCCC(=O)Nc2ccc(Cl)c(Cl)c2)cc1. The minimum Gasteiger partial charge on any atom is -0.326 e. The van der Waals surface area contributed by atoms with Crippen LogP contribution in [0.5, 0.6) is 0 Å². The third-order valence-electron chi connectivity index (χ3n) is 3.49. The number of anilines is 1. The molecule has 0 aromatic heterocycles. The second-order valence-electron chi connectivity index (χ2n) is 5.73. The summed E-state index contributed by atoms with van der Waals surface area (Å²) in [5.41, 5.74) is 5.07. The Balaban J connectivity index is 1.68. The van der Waals surface area contributed by atoms with Crippen LogP contribution in [-0.2, 0) is 9.59 Å². The van der Waals surface area contributed by atoms with Crippen molar-refractivity contribution in [1.82, 2.24) is 5.43 Å². The fraction of sp³-hybridized carbons (Fsp3) is 0.211. The van der Waals surface area contributed by atoms with Crippen molar-refractivity contribution < 1.29 is 9.59 Å². The van der Waals surface area contributed by atoms with Crippen LogP contribution in [-0.4, -0.2) is 18.0 Å². The fourth-order valence-corrected chi connectivity index (χ4v) is 2.39. The Morgan fingerprint density at radius 1 is 1.00 bits per heavy atom. The summed E-state index contributed by atoms with van der Waals surface area (Å²) in [6.07, 6.45) is 2.42. The zero-order valence-corrected chi connectivity index (χ0v) is 15.8. The highest BCUT2D eigenvalue weighted by atomic mass is 35.5. The number of carbonyl (C=O) groups is 2. The van der Waals surface area contributed by atoms with E-state index in [0.717, 1.165) is 11.1 Å². The van der Waals surface area contributed by atoms with E-state index >= 15 is 0 Å². The number of carbonyl (C=O) groups excluding carboxylic acids is 2. The highest BCUT2D eigenvalue weighted by Crippen LogP contribution is 2.25. The molecule has 2 amide bonds. The van der Waals surface area contributed by atoms with Gasteiger partial charge in [0, 0.05) is 18.5 Å². The van der Waals surface area contributed by atoms with Crippen LogP contribution in [0.4, 0.5) is 5.69 Å². The van der Waals surface area contributed by atoms with E-state index in [0.29, 0.717) is 22.2 Å². The molecule has 0 atom stereocenters. The third kappa shape index (κ3) is 6.86. The molecule has 0 aliphatic rings. The number of nitrogens with one attached hydrogen (secondary N) is 2. The highest BCUT2D eigenvalue weighted by Gasteiger charge is 2.06. The molecule has 2 aromatic carbocycles. The van der Waals surface area contributed by atoms with Gasteiger partial charge in [-0.25, -0.2) is 5.43 Å². The lowest BCUT2D eigenvalue weighted by Gasteiger charge is -2.06. The molecule has 0 unspecified atom stereocenters. The minimum atomic E-state index is -0.240. The summed E-state index contributed by atoms with van der Waals surface area (Å²) in [4.78, 5) is 23.6. The smallest absolute Gasteiger partial charge is 0.240 e. The van der Waals surface area contributed by atoms with Crippen LogP contribution >= 0.6 is 23.2 Å². The van der Waals surface area contributed by atoms with Crippen molar-refractivity contribution in [3.8, 4) is 0 Å². The number of aryl methyl sites for hydroxylation is 1. The zero-order valence-electron chi connectivity index (χ0n) is 14.3. The molecular formula is C19H19Cl2N3O2. The summed E-state index contributed by atoms with van der Waals surface area (Å²) >= 11 is 11.7. The summed E-state index contributed by atoms with van der Waals surface area (Å²) in [5, 5.41) is 7.41. The molecule has 2 aromatic rings.